The average Bonchev–Trinajstić information content (AvgIpc) is 2.97. The molecule has 1 saturated heterocycles. The van der Waals surface area contributed by atoms with E-state index in [0.29, 0.717) is 12.6 Å². The number of carbonyl (C=O) groups is 1. The van der Waals surface area contributed by atoms with Crippen LogP contribution in [0.4, 0.5) is 5.82 Å². The van der Waals surface area contributed by atoms with E-state index in [0.717, 1.165) is 49.1 Å². The predicted octanol–water partition coefficient (Wildman–Crippen LogP) is 1.88. The largest absolute Gasteiger partial charge is 0.356 e. The van der Waals surface area contributed by atoms with Gasteiger partial charge in [0.25, 0.3) is 0 Å². The van der Waals surface area contributed by atoms with Crippen molar-refractivity contribution in [1.82, 2.24) is 25.1 Å². The fourth-order valence-electron chi connectivity index (χ4n) is 3.33. The summed E-state index contributed by atoms with van der Waals surface area (Å²) in [5.74, 6) is 1.06. The molecule has 2 unspecified atom stereocenters. The number of nitrogens with zero attached hydrogens (tertiary/aromatic N) is 5. The van der Waals surface area contributed by atoms with Crippen LogP contribution in [0.3, 0.4) is 0 Å². The van der Waals surface area contributed by atoms with E-state index in [9.17, 15) is 4.79 Å². The lowest BCUT2D eigenvalue weighted by Gasteiger charge is -2.38. The first-order valence-electron chi connectivity index (χ1n) is 8.78. The Morgan fingerprint density at radius 3 is 3.00 bits per heavy atom. The number of nitrogens with one attached hydrogen (secondary N) is 1. The molecule has 7 nitrogen and oxygen atoms in total. The van der Waals surface area contributed by atoms with Gasteiger partial charge in [0.2, 0.25) is 5.91 Å². The lowest BCUT2D eigenvalue weighted by molar-refractivity contribution is -0.125. The number of hydrogen-bond donors (Lipinski definition) is 1. The van der Waals surface area contributed by atoms with Crippen LogP contribution in [-0.2, 0) is 11.8 Å². The first-order chi connectivity index (χ1) is 11.6. The minimum absolute atomic E-state index is 0.0137. The molecule has 130 valence electrons. The molecule has 0 saturated carbocycles. The van der Waals surface area contributed by atoms with Crippen LogP contribution in [0.5, 0.6) is 0 Å². The molecule has 0 spiro atoms. The first-order valence-corrected chi connectivity index (χ1v) is 8.78. The minimum atomic E-state index is 0.0137. The molecular weight excluding hydrogens is 304 g/mol. The van der Waals surface area contributed by atoms with Crippen molar-refractivity contribution in [3.63, 3.8) is 0 Å². The number of carbonyl (C=O) groups excluding carboxylic acids is 1. The quantitative estimate of drug-likeness (QED) is 0.847. The van der Waals surface area contributed by atoms with Gasteiger partial charge in [0, 0.05) is 26.2 Å². The molecular formula is C17H26N6O. The van der Waals surface area contributed by atoms with Crippen LogP contribution < -0.4 is 10.2 Å². The van der Waals surface area contributed by atoms with Crippen molar-refractivity contribution < 1.29 is 4.79 Å². The topological polar surface area (TPSA) is 75.9 Å². The molecule has 7 heteroatoms. The first kappa shape index (κ1) is 16.7. The minimum Gasteiger partial charge on any atom is -0.356 e. The van der Waals surface area contributed by atoms with Crippen LogP contribution in [0.1, 0.15) is 39.5 Å². The molecule has 0 radical (unpaired) electrons. The van der Waals surface area contributed by atoms with E-state index >= 15 is 0 Å². The third-order valence-electron chi connectivity index (χ3n) is 4.86. The van der Waals surface area contributed by atoms with Crippen LogP contribution >= 0.6 is 0 Å². The third-order valence-corrected chi connectivity index (χ3v) is 4.86. The van der Waals surface area contributed by atoms with Crippen LogP contribution in [0.15, 0.2) is 12.5 Å². The second kappa shape index (κ2) is 7.15. The summed E-state index contributed by atoms with van der Waals surface area (Å²) in [5.41, 5.74) is 0.821. The summed E-state index contributed by atoms with van der Waals surface area (Å²) in [5, 5.41) is 8.30. The standard InChI is InChI=1S/C17H26N6O/c1-4-5-8-18-17(24)13-7-6-12(2)23(10-13)16-14-9-21-22(3)15(14)19-11-20-16/h9,11-13H,4-8,10H2,1-3H3,(H,18,24). The van der Waals surface area contributed by atoms with Crippen LogP contribution in [-0.4, -0.2) is 44.8 Å². The summed E-state index contributed by atoms with van der Waals surface area (Å²) < 4.78 is 1.75. The molecule has 1 aliphatic heterocycles. The number of hydrogen-bond acceptors (Lipinski definition) is 5. The molecule has 24 heavy (non-hydrogen) atoms. The van der Waals surface area contributed by atoms with Crippen molar-refractivity contribution in [2.45, 2.75) is 45.6 Å². The van der Waals surface area contributed by atoms with Crippen molar-refractivity contribution >= 4 is 22.8 Å². The lowest BCUT2D eigenvalue weighted by atomic mass is 9.92. The molecule has 2 aromatic rings. The highest BCUT2D eigenvalue weighted by molar-refractivity contribution is 5.87. The van der Waals surface area contributed by atoms with Gasteiger partial charge in [0.1, 0.15) is 12.1 Å². The van der Waals surface area contributed by atoms with E-state index in [2.05, 4.69) is 39.1 Å². The highest BCUT2D eigenvalue weighted by Crippen LogP contribution is 2.30. The van der Waals surface area contributed by atoms with Crippen molar-refractivity contribution in [2.24, 2.45) is 13.0 Å². The molecule has 1 amide bonds. The van der Waals surface area contributed by atoms with Gasteiger partial charge < -0.3 is 10.2 Å². The zero-order valence-corrected chi connectivity index (χ0v) is 14.7. The molecule has 3 heterocycles. The van der Waals surface area contributed by atoms with Crippen molar-refractivity contribution in [3.05, 3.63) is 12.5 Å². The summed E-state index contributed by atoms with van der Waals surface area (Å²) in [4.78, 5) is 23.5. The number of rotatable bonds is 5. The summed E-state index contributed by atoms with van der Waals surface area (Å²) in [6, 6.07) is 0.350. The summed E-state index contributed by atoms with van der Waals surface area (Å²) in [7, 11) is 1.88. The van der Waals surface area contributed by atoms with Crippen molar-refractivity contribution in [1.29, 1.82) is 0 Å². The van der Waals surface area contributed by atoms with Gasteiger partial charge in [-0.1, -0.05) is 13.3 Å². The Labute approximate surface area is 142 Å². The Kier molecular flexibility index (Phi) is 4.97. The number of aryl methyl sites for hydroxylation is 1. The summed E-state index contributed by atoms with van der Waals surface area (Å²) in [6.45, 7) is 5.78. The maximum absolute atomic E-state index is 12.4. The number of piperidine rings is 1. The molecule has 1 aliphatic rings. The fraction of sp³-hybridized carbons (Fsp3) is 0.647. The maximum Gasteiger partial charge on any atom is 0.224 e. The fourth-order valence-corrected chi connectivity index (χ4v) is 3.33. The molecule has 2 atom stereocenters. The zero-order chi connectivity index (χ0) is 17.1. The molecule has 0 aromatic carbocycles. The molecule has 0 aliphatic carbocycles. The molecule has 3 rings (SSSR count). The van der Waals surface area contributed by atoms with E-state index in [-0.39, 0.29) is 11.8 Å². The number of aromatic nitrogens is 4. The Bertz CT molecular complexity index is 712. The normalized spacial score (nSPS) is 21.2. The van der Waals surface area contributed by atoms with Crippen LogP contribution in [0.2, 0.25) is 0 Å². The van der Waals surface area contributed by atoms with Crippen LogP contribution in [0.25, 0.3) is 11.0 Å². The summed E-state index contributed by atoms with van der Waals surface area (Å²) >= 11 is 0. The van der Waals surface area contributed by atoms with Gasteiger partial charge in [0.05, 0.1) is 17.5 Å². The maximum atomic E-state index is 12.4. The predicted molar refractivity (Wildman–Crippen MR) is 93.8 cm³/mol. The van der Waals surface area contributed by atoms with Gasteiger partial charge >= 0.3 is 0 Å². The molecule has 1 fully saturated rings. The average molecular weight is 330 g/mol. The highest BCUT2D eigenvalue weighted by atomic mass is 16.1. The van der Waals surface area contributed by atoms with E-state index in [1.165, 1.54) is 0 Å². The third kappa shape index (κ3) is 3.20. The SMILES string of the molecule is CCCCNC(=O)C1CCC(C)N(c2ncnc3c2cnn3C)C1. The van der Waals surface area contributed by atoms with E-state index in [1.807, 2.05) is 13.2 Å². The zero-order valence-electron chi connectivity index (χ0n) is 14.7. The van der Waals surface area contributed by atoms with E-state index in [4.69, 9.17) is 0 Å². The number of unbranched alkanes of at least 4 members (excludes halogenated alkanes) is 1. The number of anilines is 1. The van der Waals surface area contributed by atoms with Gasteiger partial charge in [-0.3, -0.25) is 9.48 Å². The smallest absolute Gasteiger partial charge is 0.224 e. The van der Waals surface area contributed by atoms with Gasteiger partial charge in [-0.25, -0.2) is 9.97 Å². The van der Waals surface area contributed by atoms with Gasteiger partial charge in [-0.15, -0.1) is 0 Å². The monoisotopic (exact) mass is 330 g/mol. The van der Waals surface area contributed by atoms with E-state index in [1.54, 1.807) is 11.0 Å². The molecule has 1 N–H and O–H groups in total. The van der Waals surface area contributed by atoms with E-state index < -0.39 is 0 Å². The van der Waals surface area contributed by atoms with Gasteiger partial charge in [0.15, 0.2) is 5.65 Å². The number of amides is 1. The van der Waals surface area contributed by atoms with Gasteiger partial charge in [-0.2, -0.15) is 5.10 Å². The van der Waals surface area contributed by atoms with Gasteiger partial charge in [-0.05, 0) is 26.2 Å². The highest BCUT2D eigenvalue weighted by Gasteiger charge is 2.31. The summed E-state index contributed by atoms with van der Waals surface area (Å²) in [6.07, 6.45) is 7.42. The van der Waals surface area contributed by atoms with Crippen molar-refractivity contribution in [2.75, 3.05) is 18.0 Å². The Hall–Kier alpha value is -2.18. The second-order valence-electron chi connectivity index (χ2n) is 6.62. The lowest BCUT2D eigenvalue weighted by Crippen LogP contribution is -2.47. The van der Waals surface area contributed by atoms with Crippen molar-refractivity contribution in [3.8, 4) is 0 Å². The Balaban J connectivity index is 1.79. The molecule has 0 bridgehead atoms. The Morgan fingerprint density at radius 2 is 2.21 bits per heavy atom. The molecule has 2 aromatic heterocycles. The number of fused-ring (bicyclic) bond motifs is 1. The second-order valence-corrected chi connectivity index (χ2v) is 6.62. The van der Waals surface area contributed by atoms with Crippen LogP contribution in [0, 0.1) is 5.92 Å². The Morgan fingerprint density at radius 1 is 1.38 bits per heavy atom.